The molecule has 12 nitrogen and oxygen atoms in total. The number of nitrogens with zero attached hydrogens (tertiary/aromatic N) is 1. The number of hydrogen-bond acceptors (Lipinski definition) is 11. The summed E-state index contributed by atoms with van der Waals surface area (Å²) in [4.78, 5) is 15.3. The van der Waals surface area contributed by atoms with Crippen LogP contribution in [0.5, 0.6) is 0 Å². The molecule has 26 heavy (non-hydrogen) atoms. The van der Waals surface area contributed by atoms with Crippen LogP contribution in [0.2, 0.25) is 0 Å². The molecule has 6 N–H and O–H groups in total. The van der Waals surface area contributed by atoms with Gasteiger partial charge in [0.05, 0.1) is 6.61 Å². The van der Waals surface area contributed by atoms with E-state index in [1.54, 1.807) is 6.92 Å². The average molecular weight is 379 g/mol. The maximum absolute atomic E-state index is 11.2. The molecule has 0 saturated carbocycles. The fourth-order valence-corrected chi connectivity index (χ4v) is 3.17. The van der Waals surface area contributed by atoms with Crippen LogP contribution in [-0.4, -0.2) is 110 Å². The molecule has 0 spiro atoms. The summed E-state index contributed by atoms with van der Waals surface area (Å²) in [5, 5.41) is 58.4. The summed E-state index contributed by atoms with van der Waals surface area (Å²) in [6, 6.07) is -0.865. The monoisotopic (exact) mass is 379 g/mol. The zero-order chi connectivity index (χ0) is 19.2. The predicted octanol–water partition coefficient (Wildman–Crippen LogP) is -3.84. The zero-order valence-corrected chi connectivity index (χ0v) is 13.7. The minimum atomic E-state index is -1.87. The Morgan fingerprint density at radius 3 is 2.42 bits per heavy atom. The summed E-state index contributed by atoms with van der Waals surface area (Å²) in [5.74, 6) is -1.31. The second-order valence-corrected chi connectivity index (χ2v) is 6.31. The van der Waals surface area contributed by atoms with Crippen LogP contribution in [0.4, 0.5) is 0 Å². The van der Waals surface area contributed by atoms with Gasteiger partial charge in [0.1, 0.15) is 42.7 Å². The Morgan fingerprint density at radius 2 is 1.81 bits per heavy atom. The molecule has 0 aromatic carbocycles. The van der Waals surface area contributed by atoms with Gasteiger partial charge < -0.3 is 49.6 Å². The van der Waals surface area contributed by atoms with Crippen molar-refractivity contribution in [2.75, 3.05) is 6.61 Å². The van der Waals surface area contributed by atoms with Crippen molar-refractivity contribution in [3.05, 3.63) is 0 Å². The normalized spacial score (nSPS) is 48.5. The first-order valence-electron chi connectivity index (χ1n) is 7.98. The minimum absolute atomic E-state index is 0.253. The van der Waals surface area contributed by atoms with Crippen molar-refractivity contribution in [2.24, 2.45) is 4.99 Å². The fourth-order valence-electron chi connectivity index (χ4n) is 3.17. The lowest BCUT2D eigenvalue weighted by Crippen LogP contribution is -2.64. The van der Waals surface area contributed by atoms with Crippen LogP contribution in [-0.2, 0) is 23.7 Å². The molecule has 0 aliphatic carbocycles. The van der Waals surface area contributed by atoms with Gasteiger partial charge >= 0.3 is 5.97 Å². The maximum Gasteiger partial charge on any atom is 0.335 e. The van der Waals surface area contributed by atoms with E-state index in [4.69, 9.17) is 24.1 Å². The van der Waals surface area contributed by atoms with Crippen LogP contribution in [0.1, 0.15) is 6.92 Å². The maximum atomic E-state index is 11.2. The smallest absolute Gasteiger partial charge is 0.335 e. The Morgan fingerprint density at radius 1 is 1.12 bits per heavy atom. The summed E-state index contributed by atoms with van der Waals surface area (Å²) in [7, 11) is 0. The first-order chi connectivity index (χ1) is 12.2. The number of ether oxygens (including phenoxy) is 4. The first-order valence-corrected chi connectivity index (χ1v) is 7.98. The van der Waals surface area contributed by atoms with E-state index in [-0.39, 0.29) is 5.90 Å². The second kappa shape index (κ2) is 7.32. The van der Waals surface area contributed by atoms with Crippen molar-refractivity contribution < 1.29 is 54.4 Å². The van der Waals surface area contributed by atoms with Gasteiger partial charge in [-0.2, -0.15) is 0 Å². The Kier molecular flexibility index (Phi) is 5.46. The standard InChI is InChI=1S/C14H21NO11/c1-3-15-5-10(6(17)4(2-16)24-13(5)23-3)25-14-9(20)7(18)8(19)11(26-14)12(21)22/h4-11,13-14,16-20H,2H2,1H3,(H,21,22)/t4-,5-,6+,7+,8+,9-,10-,11+,13-,14-/m1/s1. The largest absolute Gasteiger partial charge is 0.479 e. The number of fused-ring (bicyclic) bond motifs is 1. The Labute approximate surface area is 147 Å². The fraction of sp³-hybridized carbons (Fsp3) is 0.857. The lowest BCUT2D eigenvalue weighted by Gasteiger charge is -2.44. The summed E-state index contributed by atoms with van der Waals surface area (Å²) in [6.45, 7) is 0.991. The van der Waals surface area contributed by atoms with Crippen molar-refractivity contribution in [3.8, 4) is 0 Å². The molecule has 0 radical (unpaired) electrons. The first kappa shape index (κ1) is 19.4. The van der Waals surface area contributed by atoms with Crippen molar-refractivity contribution >= 4 is 11.9 Å². The highest BCUT2D eigenvalue weighted by atomic mass is 16.7. The molecule has 3 rings (SSSR count). The molecule has 0 aromatic heterocycles. The number of rotatable bonds is 4. The van der Waals surface area contributed by atoms with Crippen LogP contribution in [0.15, 0.2) is 4.99 Å². The highest BCUT2D eigenvalue weighted by molar-refractivity contribution is 5.75. The number of aliphatic carboxylic acids is 1. The summed E-state index contributed by atoms with van der Waals surface area (Å²) < 4.78 is 21.3. The number of aliphatic imine (C=N–C) groups is 1. The molecule has 3 aliphatic rings. The van der Waals surface area contributed by atoms with Gasteiger partial charge in [-0.25, -0.2) is 9.79 Å². The van der Waals surface area contributed by atoms with Gasteiger partial charge in [0.15, 0.2) is 18.3 Å². The van der Waals surface area contributed by atoms with Crippen LogP contribution in [0.3, 0.4) is 0 Å². The number of carboxylic acids is 1. The van der Waals surface area contributed by atoms with E-state index < -0.39 is 73.9 Å². The minimum Gasteiger partial charge on any atom is -0.479 e. The molecule has 2 fully saturated rings. The molecule has 2 saturated heterocycles. The molecule has 12 heteroatoms. The van der Waals surface area contributed by atoms with Gasteiger partial charge in [-0.1, -0.05) is 0 Å². The lowest BCUT2D eigenvalue weighted by molar-refractivity contribution is -0.331. The SMILES string of the molecule is CC1=N[C@H]2[C@H](O1)O[C@H](CO)[C@H](O)[C@@H]2O[C@@H]1O[C@H](C(=O)O)[C@@H](O)[C@H](O)[C@H]1O. The van der Waals surface area contributed by atoms with Gasteiger partial charge in [0.2, 0.25) is 6.29 Å². The molecule has 3 aliphatic heterocycles. The van der Waals surface area contributed by atoms with Gasteiger partial charge in [0.25, 0.3) is 0 Å². The third-order valence-corrected chi connectivity index (χ3v) is 4.54. The van der Waals surface area contributed by atoms with Gasteiger partial charge in [0, 0.05) is 6.92 Å². The molecule has 148 valence electrons. The number of carboxylic acid groups (broad SMARTS) is 1. The van der Waals surface area contributed by atoms with Crippen LogP contribution in [0, 0.1) is 0 Å². The molecule has 3 heterocycles. The van der Waals surface area contributed by atoms with Crippen molar-refractivity contribution in [2.45, 2.75) is 68.3 Å². The van der Waals surface area contributed by atoms with E-state index in [0.29, 0.717) is 0 Å². The summed E-state index contributed by atoms with van der Waals surface area (Å²) >= 11 is 0. The predicted molar refractivity (Wildman–Crippen MR) is 78.9 cm³/mol. The molecule has 10 atom stereocenters. The van der Waals surface area contributed by atoms with E-state index in [9.17, 15) is 30.3 Å². The van der Waals surface area contributed by atoms with Gasteiger partial charge in [-0.05, 0) is 0 Å². The third-order valence-electron chi connectivity index (χ3n) is 4.54. The van der Waals surface area contributed by atoms with E-state index in [2.05, 4.69) is 4.99 Å². The van der Waals surface area contributed by atoms with Crippen molar-refractivity contribution in [1.29, 1.82) is 0 Å². The van der Waals surface area contributed by atoms with Crippen LogP contribution < -0.4 is 0 Å². The molecule has 0 unspecified atom stereocenters. The highest BCUT2D eigenvalue weighted by Crippen LogP contribution is 2.33. The number of aliphatic hydroxyl groups is 5. The quantitative estimate of drug-likeness (QED) is 0.281. The lowest BCUT2D eigenvalue weighted by atomic mass is 9.96. The Bertz CT molecular complexity index is 571. The highest BCUT2D eigenvalue weighted by Gasteiger charge is 2.54. The van der Waals surface area contributed by atoms with Crippen molar-refractivity contribution in [3.63, 3.8) is 0 Å². The average Bonchev–Trinajstić information content (AvgIpc) is 2.96. The van der Waals surface area contributed by atoms with Gasteiger partial charge in [-0.3, -0.25) is 0 Å². The summed E-state index contributed by atoms with van der Waals surface area (Å²) in [5.41, 5.74) is 0. The van der Waals surface area contributed by atoms with Crippen LogP contribution >= 0.6 is 0 Å². The Hall–Kier alpha value is -1.38. The topological polar surface area (TPSA) is 188 Å². The van der Waals surface area contributed by atoms with Gasteiger partial charge in [-0.15, -0.1) is 0 Å². The number of hydrogen-bond donors (Lipinski definition) is 6. The molecular weight excluding hydrogens is 358 g/mol. The van der Waals surface area contributed by atoms with Crippen molar-refractivity contribution in [1.82, 2.24) is 0 Å². The molecule has 0 aromatic rings. The number of aliphatic hydroxyl groups excluding tert-OH is 5. The van der Waals surface area contributed by atoms with E-state index >= 15 is 0 Å². The van der Waals surface area contributed by atoms with E-state index in [1.807, 2.05) is 0 Å². The summed E-state index contributed by atoms with van der Waals surface area (Å²) in [6.07, 6.45) is -13.6. The Balaban J connectivity index is 1.81. The van der Waals surface area contributed by atoms with E-state index in [1.165, 1.54) is 0 Å². The molecule has 0 amide bonds. The molecule has 0 bridgehead atoms. The third kappa shape index (κ3) is 3.30. The second-order valence-electron chi connectivity index (χ2n) is 6.31. The number of carbonyl (C=O) groups is 1. The van der Waals surface area contributed by atoms with Crippen LogP contribution in [0.25, 0.3) is 0 Å². The zero-order valence-electron chi connectivity index (χ0n) is 13.7. The molecular formula is C14H21NO11. The van der Waals surface area contributed by atoms with E-state index in [0.717, 1.165) is 0 Å².